The lowest BCUT2D eigenvalue weighted by Crippen LogP contribution is -2.15. The fourth-order valence-corrected chi connectivity index (χ4v) is 3.09. The van der Waals surface area contributed by atoms with E-state index in [-0.39, 0.29) is 16.3 Å². The summed E-state index contributed by atoms with van der Waals surface area (Å²) in [6, 6.07) is 4.97. The van der Waals surface area contributed by atoms with Crippen LogP contribution in [0.25, 0.3) is 0 Å². The number of H-pyrrole nitrogens is 1. The first-order chi connectivity index (χ1) is 8.94. The average Bonchev–Trinajstić information content (AvgIpc) is 2.82. The lowest BCUT2D eigenvalue weighted by Gasteiger charge is -2.09. The minimum Gasteiger partial charge on any atom is -0.392 e. The van der Waals surface area contributed by atoms with E-state index in [0.717, 1.165) is 5.56 Å². The van der Waals surface area contributed by atoms with Crippen molar-refractivity contribution in [3.63, 3.8) is 0 Å². The van der Waals surface area contributed by atoms with Crippen molar-refractivity contribution in [2.45, 2.75) is 18.6 Å². The Labute approximate surface area is 115 Å². The van der Waals surface area contributed by atoms with Crippen molar-refractivity contribution in [1.29, 1.82) is 0 Å². The summed E-state index contributed by atoms with van der Waals surface area (Å²) in [5.41, 5.74) is 1.38. The van der Waals surface area contributed by atoms with E-state index in [2.05, 4.69) is 14.9 Å². The molecule has 0 bridgehead atoms. The fraction of sp³-hybridized carbons (Fsp3) is 0.182. The normalized spacial score (nSPS) is 11.5. The molecule has 0 unspecified atom stereocenters. The van der Waals surface area contributed by atoms with Crippen LogP contribution in [0.3, 0.4) is 0 Å². The van der Waals surface area contributed by atoms with Gasteiger partial charge in [-0.3, -0.25) is 9.82 Å². The summed E-state index contributed by atoms with van der Waals surface area (Å²) >= 11 is 5.97. The number of aliphatic hydroxyl groups excluding tert-OH is 1. The molecule has 8 heteroatoms. The Morgan fingerprint density at radius 2 is 2.21 bits per heavy atom. The molecule has 3 N–H and O–H groups in total. The number of aliphatic hydroxyl groups is 1. The molecule has 0 atom stereocenters. The predicted molar refractivity (Wildman–Crippen MR) is 71.5 cm³/mol. The summed E-state index contributed by atoms with van der Waals surface area (Å²) in [5, 5.41) is 15.1. The van der Waals surface area contributed by atoms with Crippen LogP contribution < -0.4 is 4.72 Å². The van der Waals surface area contributed by atoms with Gasteiger partial charge >= 0.3 is 0 Å². The Kier molecular flexibility index (Phi) is 3.79. The van der Waals surface area contributed by atoms with Crippen LogP contribution in [0.4, 0.5) is 5.69 Å². The number of sulfonamides is 1. The van der Waals surface area contributed by atoms with Gasteiger partial charge in [0.05, 0.1) is 23.5 Å². The zero-order valence-corrected chi connectivity index (χ0v) is 11.6. The van der Waals surface area contributed by atoms with Crippen LogP contribution in [0.1, 0.15) is 11.1 Å². The molecule has 0 aliphatic heterocycles. The third-order valence-corrected chi connectivity index (χ3v) is 4.18. The number of halogens is 1. The highest BCUT2D eigenvalue weighted by Crippen LogP contribution is 2.25. The SMILES string of the molecule is Cc1ccc(NS(=O)(=O)c2[nH]ncc2CO)c(Cl)c1. The highest BCUT2D eigenvalue weighted by molar-refractivity contribution is 7.92. The molecule has 0 aliphatic rings. The molecular formula is C11H12ClN3O3S. The molecule has 0 spiro atoms. The van der Waals surface area contributed by atoms with Crippen molar-refractivity contribution in [2.24, 2.45) is 0 Å². The Morgan fingerprint density at radius 1 is 1.47 bits per heavy atom. The van der Waals surface area contributed by atoms with E-state index >= 15 is 0 Å². The number of nitrogens with zero attached hydrogens (tertiary/aromatic N) is 1. The smallest absolute Gasteiger partial charge is 0.279 e. The number of anilines is 1. The third kappa shape index (κ3) is 2.89. The molecule has 6 nitrogen and oxygen atoms in total. The minimum atomic E-state index is -3.86. The zero-order valence-electron chi connectivity index (χ0n) is 10.0. The van der Waals surface area contributed by atoms with Crippen LogP contribution in [-0.4, -0.2) is 23.7 Å². The van der Waals surface area contributed by atoms with Gasteiger partial charge in [0, 0.05) is 5.56 Å². The van der Waals surface area contributed by atoms with Crippen LogP contribution in [0.2, 0.25) is 5.02 Å². The highest BCUT2D eigenvalue weighted by atomic mass is 35.5. The van der Waals surface area contributed by atoms with E-state index in [9.17, 15) is 8.42 Å². The second kappa shape index (κ2) is 5.20. The molecule has 1 aromatic carbocycles. The zero-order chi connectivity index (χ0) is 14.0. The maximum Gasteiger partial charge on any atom is 0.279 e. The number of hydrogen-bond donors (Lipinski definition) is 3. The Bertz CT molecular complexity index is 697. The first-order valence-electron chi connectivity index (χ1n) is 5.36. The molecule has 2 rings (SSSR count). The summed E-state index contributed by atoms with van der Waals surface area (Å²) in [5.74, 6) is 0. The number of aromatic nitrogens is 2. The van der Waals surface area contributed by atoms with Crippen LogP contribution >= 0.6 is 11.6 Å². The number of nitrogens with one attached hydrogen (secondary N) is 2. The fourth-order valence-electron chi connectivity index (χ4n) is 1.54. The van der Waals surface area contributed by atoms with E-state index in [0.29, 0.717) is 5.02 Å². The maximum atomic E-state index is 12.1. The number of aryl methyl sites for hydroxylation is 1. The first kappa shape index (κ1) is 13.9. The molecule has 0 amide bonds. The van der Waals surface area contributed by atoms with Crippen molar-refractivity contribution in [2.75, 3.05) is 4.72 Å². The topological polar surface area (TPSA) is 95.1 Å². The van der Waals surface area contributed by atoms with Gasteiger partial charge in [-0.2, -0.15) is 13.5 Å². The van der Waals surface area contributed by atoms with Gasteiger partial charge < -0.3 is 5.11 Å². The summed E-state index contributed by atoms with van der Waals surface area (Å²) in [7, 11) is -3.86. The van der Waals surface area contributed by atoms with Crippen molar-refractivity contribution < 1.29 is 13.5 Å². The van der Waals surface area contributed by atoms with E-state index in [1.165, 1.54) is 6.20 Å². The molecule has 0 aliphatic carbocycles. The van der Waals surface area contributed by atoms with Gasteiger partial charge in [0.25, 0.3) is 10.0 Å². The standard InChI is InChI=1S/C11H12ClN3O3S/c1-7-2-3-10(9(12)4-7)15-19(17,18)11-8(6-16)5-13-14-11/h2-5,15-16H,6H2,1H3,(H,13,14). The second-order valence-corrected chi connectivity index (χ2v) is 6.00. The number of aromatic amines is 1. The molecule has 0 fully saturated rings. The van der Waals surface area contributed by atoms with Crippen molar-refractivity contribution in [1.82, 2.24) is 10.2 Å². The average molecular weight is 302 g/mol. The first-order valence-corrected chi connectivity index (χ1v) is 7.22. The van der Waals surface area contributed by atoms with Gasteiger partial charge in [-0.25, -0.2) is 0 Å². The van der Waals surface area contributed by atoms with Crippen LogP contribution in [-0.2, 0) is 16.6 Å². The molecule has 1 aromatic heterocycles. The van der Waals surface area contributed by atoms with Crippen LogP contribution in [0.15, 0.2) is 29.4 Å². The molecule has 0 saturated carbocycles. The molecule has 0 radical (unpaired) electrons. The quantitative estimate of drug-likeness (QED) is 0.800. The Balaban J connectivity index is 2.37. The van der Waals surface area contributed by atoms with E-state index in [4.69, 9.17) is 16.7 Å². The Hall–Kier alpha value is -1.57. The molecular weight excluding hydrogens is 290 g/mol. The second-order valence-electron chi connectivity index (χ2n) is 3.97. The van der Waals surface area contributed by atoms with E-state index in [1.807, 2.05) is 6.92 Å². The molecule has 19 heavy (non-hydrogen) atoms. The number of hydrogen-bond acceptors (Lipinski definition) is 4. The van der Waals surface area contributed by atoms with Crippen LogP contribution in [0.5, 0.6) is 0 Å². The van der Waals surface area contributed by atoms with Crippen LogP contribution in [0, 0.1) is 6.92 Å². The number of benzene rings is 1. The van der Waals surface area contributed by atoms with Crippen molar-refractivity contribution in [3.8, 4) is 0 Å². The van der Waals surface area contributed by atoms with Gasteiger partial charge in [-0.1, -0.05) is 17.7 Å². The van der Waals surface area contributed by atoms with E-state index in [1.54, 1.807) is 18.2 Å². The molecule has 1 heterocycles. The predicted octanol–water partition coefficient (Wildman–Crippen LogP) is 1.66. The lowest BCUT2D eigenvalue weighted by atomic mass is 10.2. The molecule has 2 aromatic rings. The third-order valence-electron chi connectivity index (χ3n) is 2.49. The maximum absolute atomic E-state index is 12.1. The van der Waals surface area contributed by atoms with Gasteiger partial charge in [-0.05, 0) is 24.6 Å². The van der Waals surface area contributed by atoms with Crippen molar-refractivity contribution >= 4 is 27.3 Å². The van der Waals surface area contributed by atoms with Crippen molar-refractivity contribution in [3.05, 3.63) is 40.5 Å². The largest absolute Gasteiger partial charge is 0.392 e. The summed E-state index contributed by atoms with van der Waals surface area (Å²) < 4.78 is 26.6. The minimum absolute atomic E-state index is 0.174. The summed E-state index contributed by atoms with van der Waals surface area (Å²) in [4.78, 5) is 0. The monoisotopic (exact) mass is 301 g/mol. The van der Waals surface area contributed by atoms with Gasteiger partial charge in [0.1, 0.15) is 0 Å². The van der Waals surface area contributed by atoms with Gasteiger partial charge in [0.15, 0.2) is 5.03 Å². The molecule has 0 saturated heterocycles. The Morgan fingerprint density at radius 3 is 2.84 bits per heavy atom. The summed E-state index contributed by atoms with van der Waals surface area (Å²) in [6.07, 6.45) is 1.26. The highest BCUT2D eigenvalue weighted by Gasteiger charge is 2.21. The van der Waals surface area contributed by atoms with Gasteiger partial charge in [-0.15, -0.1) is 0 Å². The number of rotatable bonds is 4. The molecule has 102 valence electrons. The van der Waals surface area contributed by atoms with E-state index < -0.39 is 16.6 Å². The van der Waals surface area contributed by atoms with Gasteiger partial charge in [0.2, 0.25) is 0 Å². The summed E-state index contributed by atoms with van der Waals surface area (Å²) in [6.45, 7) is 1.43. The lowest BCUT2D eigenvalue weighted by molar-refractivity contribution is 0.278.